The molecule has 0 saturated carbocycles. The third-order valence-electron chi connectivity index (χ3n) is 3.43. The van der Waals surface area contributed by atoms with Crippen LogP contribution in [0, 0.1) is 6.92 Å². The van der Waals surface area contributed by atoms with Crippen molar-refractivity contribution in [2.24, 2.45) is 0 Å². The molecule has 0 atom stereocenters. The van der Waals surface area contributed by atoms with E-state index in [2.05, 4.69) is 25.3 Å². The minimum Gasteiger partial charge on any atom is -0.495 e. The van der Waals surface area contributed by atoms with E-state index in [0.29, 0.717) is 11.4 Å². The summed E-state index contributed by atoms with van der Waals surface area (Å²) in [6.45, 7) is 1.86. The van der Waals surface area contributed by atoms with Gasteiger partial charge in [-0.15, -0.1) is 0 Å². The van der Waals surface area contributed by atoms with Crippen molar-refractivity contribution in [3.05, 3.63) is 54.1 Å². The van der Waals surface area contributed by atoms with Crippen LogP contribution in [-0.2, 0) is 6.18 Å². The molecule has 0 bridgehead atoms. The van der Waals surface area contributed by atoms with Gasteiger partial charge in [0.2, 0.25) is 0 Å². The summed E-state index contributed by atoms with van der Waals surface area (Å²) in [6.07, 6.45) is -0.566. The van der Waals surface area contributed by atoms with Crippen LogP contribution < -0.4 is 10.1 Å². The summed E-state index contributed by atoms with van der Waals surface area (Å²) in [5, 5.41) is 2.86. The molecule has 2 heterocycles. The maximum Gasteiger partial charge on any atom is 0.433 e. The predicted octanol–water partition coefficient (Wildman–Crippen LogP) is 4.01. The molecule has 3 aromatic rings. The van der Waals surface area contributed by atoms with Crippen molar-refractivity contribution in [3.63, 3.8) is 0 Å². The van der Waals surface area contributed by atoms with E-state index in [0.717, 1.165) is 11.6 Å². The summed E-state index contributed by atoms with van der Waals surface area (Å²) >= 11 is 0. The fourth-order valence-electron chi connectivity index (χ4n) is 2.24. The summed E-state index contributed by atoms with van der Waals surface area (Å²) in [5.74, 6) is 0.266. The Bertz CT molecular complexity index is 916. The number of nitrogens with one attached hydrogen (secondary N) is 1. The van der Waals surface area contributed by atoms with E-state index in [1.165, 1.54) is 25.7 Å². The number of hydrogen-bond acceptors (Lipinski definition) is 6. The fraction of sp³-hybridized carbons (Fsp3) is 0.176. The van der Waals surface area contributed by atoms with E-state index in [1.807, 2.05) is 13.0 Å². The smallest absolute Gasteiger partial charge is 0.433 e. The minimum absolute atomic E-state index is 0.0307. The molecule has 0 spiro atoms. The Kier molecular flexibility index (Phi) is 4.70. The Morgan fingerprint density at radius 3 is 2.54 bits per heavy atom. The number of hydrogen-bond donors (Lipinski definition) is 1. The number of alkyl halides is 3. The number of rotatable bonds is 4. The van der Waals surface area contributed by atoms with Crippen molar-refractivity contribution in [1.82, 2.24) is 19.9 Å². The standard InChI is InChI=1S/C17H14F3N5O/c1-10-3-4-13(26-2)11(7-10)23-15-8-14(17(18,19)20)24-16(25-15)12-9-21-5-6-22-12/h3-9H,1-2H3,(H,23,24,25). The van der Waals surface area contributed by atoms with Crippen molar-refractivity contribution in [2.75, 3.05) is 12.4 Å². The maximum atomic E-state index is 13.2. The molecule has 0 radical (unpaired) electrons. The van der Waals surface area contributed by atoms with Gasteiger partial charge in [0.1, 0.15) is 17.3 Å². The average molecular weight is 361 g/mol. The molecule has 134 valence electrons. The van der Waals surface area contributed by atoms with Gasteiger partial charge < -0.3 is 10.1 Å². The van der Waals surface area contributed by atoms with E-state index >= 15 is 0 Å². The first-order valence-electron chi connectivity index (χ1n) is 7.51. The molecule has 1 N–H and O–H groups in total. The van der Waals surface area contributed by atoms with Crippen LogP contribution in [0.25, 0.3) is 11.5 Å². The van der Waals surface area contributed by atoms with Crippen molar-refractivity contribution >= 4 is 11.5 Å². The van der Waals surface area contributed by atoms with Gasteiger partial charge in [-0.05, 0) is 24.6 Å². The average Bonchev–Trinajstić information content (AvgIpc) is 2.62. The van der Waals surface area contributed by atoms with Gasteiger partial charge in [-0.3, -0.25) is 4.98 Å². The second-order valence-corrected chi connectivity index (χ2v) is 5.38. The van der Waals surface area contributed by atoms with Crippen LogP contribution in [0.3, 0.4) is 0 Å². The van der Waals surface area contributed by atoms with E-state index in [1.54, 1.807) is 12.1 Å². The van der Waals surface area contributed by atoms with Crippen LogP contribution >= 0.6 is 0 Å². The highest BCUT2D eigenvalue weighted by atomic mass is 19.4. The molecule has 3 rings (SSSR count). The Morgan fingerprint density at radius 1 is 1.08 bits per heavy atom. The molecule has 0 aliphatic rings. The van der Waals surface area contributed by atoms with Gasteiger partial charge in [-0.25, -0.2) is 15.0 Å². The highest BCUT2D eigenvalue weighted by Crippen LogP contribution is 2.33. The summed E-state index contributed by atoms with van der Waals surface area (Å²) in [4.78, 5) is 15.5. The largest absolute Gasteiger partial charge is 0.495 e. The van der Waals surface area contributed by atoms with Crippen molar-refractivity contribution < 1.29 is 17.9 Å². The lowest BCUT2D eigenvalue weighted by Gasteiger charge is -2.14. The monoisotopic (exact) mass is 361 g/mol. The Labute approximate surface area is 147 Å². The van der Waals surface area contributed by atoms with Crippen LogP contribution in [-0.4, -0.2) is 27.0 Å². The maximum absolute atomic E-state index is 13.2. The lowest BCUT2D eigenvalue weighted by molar-refractivity contribution is -0.141. The highest BCUT2D eigenvalue weighted by molar-refractivity contribution is 5.66. The van der Waals surface area contributed by atoms with Gasteiger partial charge in [0.15, 0.2) is 11.5 Å². The molecule has 26 heavy (non-hydrogen) atoms. The van der Waals surface area contributed by atoms with Crippen LogP contribution in [0.2, 0.25) is 0 Å². The van der Waals surface area contributed by atoms with Gasteiger partial charge in [0.05, 0.1) is 19.0 Å². The van der Waals surface area contributed by atoms with Crippen molar-refractivity contribution in [2.45, 2.75) is 13.1 Å². The second-order valence-electron chi connectivity index (χ2n) is 5.38. The van der Waals surface area contributed by atoms with Gasteiger partial charge in [-0.2, -0.15) is 13.2 Å². The third-order valence-corrected chi connectivity index (χ3v) is 3.43. The number of benzene rings is 1. The van der Waals surface area contributed by atoms with Crippen LogP contribution in [0.4, 0.5) is 24.7 Å². The van der Waals surface area contributed by atoms with E-state index in [4.69, 9.17) is 4.74 Å². The fourth-order valence-corrected chi connectivity index (χ4v) is 2.24. The molecule has 2 aromatic heterocycles. The molecule has 6 nitrogen and oxygen atoms in total. The molecular weight excluding hydrogens is 347 g/mol. The SMILES string of the molecule is COc1ccc(C)cc1Nc1cc(C(F)(F)F)nc(-c2cnccn2)n1. The van der Waals surface area contributed by atoms with Gasteiger partial charge in [0, 0.05) is 18.5 Å². The topological polar surface area (TPSA) is 72.8 Å². The van der Waals surface area contributed by atoms with E-state index < -0.39 is 11.9 Å². The predicted molar refractivity (Wildman–Crippen MR) is 89.1 cm³/mol. The van der Waals surface area contributed by atoms with Crippen molar-refractivity contribution in [1.29, 1.82) is 0 Å². The molecule has 9 heteroatoms. The first kappa shape index (κ1) is 17.6. The molecular formula is C17H14F3N5O. The summed E-state index contributed by atoms with van der Waals surface area (Å²) in [7, 11) is 1.47. The zero-order valence-corrected chi connectivity index (χ0v) is 13.9. The molecule has 0 aliphatic carbocycles. The van der Waals surface area contributed by atoms with Gasteiger partial charge in [-0.1, -0.05) is 6.07 Å². The Morgan fingerprint density at radius 2 is 1.88 bits per heavy atom. The van der Waals surface area contributed by atoms with E-state index in [-0.39, 0.29) is 17.3 Å². The number of anilines is 2. The zero-order chi connectivity index (χ0) is 18.7. The number of methoxy groups -OCH3 is 1. The minimum atomic E-state index is -4.63. The molecule has 0 fully saturated rings. The van der Waals surface area contributed by atoms with Crippen LogP contribution in [0.1, 0.15) is 11.3 Å². The summed E-state index contributed by atoms with van der Waals surface area (Å²) in [5.41, 5.74) is 0.456. The highest BCUT2D eigenvalue weighted by Gasteiger charge is 2.34. The molecule has 0 amide bonds. The van der Waals surface area contributed by atoms with E-state index in [9.17, 15) is 13.2 Å². The first-order chi connectivity index (χ1) is 12.4. The van der Waals surface area contributed by atoms with Crippen molar-refractivity contribution in [3.8, 4) is 17.3 Å². The van der Waals surface area contributed by atoms with Crippen LogP contribution in [0.5, 0.6) is 5.75 Å². The van der Waals surface area contributed by atoms with Crippen LogP contribution in [0.15, 0.2) is 42.9 Å². The number of aromatic nitrogens is 4. The molecule has 0 aliphatic heterocycles. The number of halogens is 3. The first-order valence-corrected chi connectivity index (χ1v) is 7.51. The number of aryl methyl sites for hydroxylation is 1. The quantitative estimate of drug-likeness (QED) is 0.757. The molecule has 0 saturated heterocycles. The third kappa shape index (κ3) is 3.88. The number of ether oxygens (including phenoxy) is 1. The van der Waals surface area contributed by atoms with Gasteiger partial charge in [0.25, 0.3) is 0 Å². The normalized spacial score (nSPS) is 11.3. The Balaban J connectivity index is 2.08. The van der Waals surface area contributed by atoms with Gasteiger partial charge >= 0.3 is 6.18 Å². The lowest BCUT2D eigenvalue weighted by atomic mass is 10.2. The summed E-state index contributed by atoms with van der Waals surface area (Å²) < 4.78 is 44.9. The second kappa shape index (κ2) is 6.95. The molecule has 1 aromatic carbocycles. The lowest BCUT2D eigenvalue weighted by Crippen LogP contribution is -2.11. The number of nitrogens with zero attached hydrogens (tertiary/aromatic N) is 4. The molecule has 0 unspecified atom stereocenters. The summed E-state index contributed by atoms with van der Waals surface area (Å²) in [6, 6.07) is 6.13. The zero-order valence-electron chi connectivity index (χ0n) is 13.9. The Hall–Kier alpha value is -3.23.